The number of aldehydes is 1. The Hall–Kier alpha value is -2.03. The van der Waals surface area contributed by atoms with Crippen molar-refractivity contribution < 1.29 is 14.4 Å². The minimum Gasteiger partial charge on any atom is -0.303 e. The van der Waals surface area contributed by atoms with Crippen LogP contribution in [0.2, 0.25) is 0 Å². The Morgan fingerprint density at radius 1 is 1.18 bits per heavy atom. The van der Waals surface area contributed by atoms with Crippen molar-refractivity contribution >= 4 is 17.9 Å². The molecule has 1 aromatic carbocycles. The molecule has 0 spiro atoms. The van der Waals surface area contributed by atoms with E-state index in [0.29, 0.717) is 16.7 Å². The Labute approximate surface area is 99.1 Å². The van der Waals surface area contributed by atoms with E-state index in [9.17, 15) is 14.4 Å². The molecular formula is C14H12O3. The lowest BCUT2D eigenvalue weighted by Crippen LogP contribution is -2.21. The van der Waals surface area contributed by atoms with Crippen LogP contribution in [0, 0.1) is 5.92 Å². The Bertz CT molecular complexity index is 526. The second-order valence-corrected chi connectivity index (χ2v) is 4.14. The van der Waals surface area contributed by atoms with Gasteiger partial charge in [-0.3, -0.25) is 9.59 Å². The summed E-state index contributed by atoms with van der Waals surface area (Å²) in [5.41, 5.74) is 1.31. The van der Waals surface area contributed by atoms with E-state index in [0.717, 1.165) is 6.29 Å². The van der Waals surface area contributed by atoms with Crippen LogP contribution in [0.1, 0.15) is 34.1 Å². The molecular weight excluding hydrogens is 216 g/mol. The fraction of sp³-hybridized carbons (Fsp3) is 0.214. The standard InChI is InChI=1S/C14H12O3/c1-9(6-7-15)12-8-13(16)10-4-2-3-5-11(10)14(12)17/h2-5,7-9H,6H2,1H3. The third-order valence-electron chi connectivity index (χ3n) is 2.97. The Balaban J connectivity index is 2.45. The number of hydrogen-bond acceptors (Lipinski definition) is 3. The van der Waals surface area contributed by atoms with Gasteiger partial charge in [0.05, 0.1) is 0 Å². The summed E-state index contributed by atoms with van der Waals surface area (Å²) in [4.78, 5) is 34.4. The Morgan fingerprint density at radius 3 is 2.47 bits per heavy atom. The molecule has 3 heteroatoms. The number of carbonyl (C=O) groups excluding carboxylic acids is 3. The van der Waals surface area contributed by atoms with Crippen LogP contribution in [0.25, 0.3) is 0 Å². The van der Waals surface area contributed by atoms with Crippen molar-refractivity contribution in [1.29, 1.82) is 0 Å². The highest BCUT2D eigenvalue weighted by Crippen LogP contribution is 2.26. The fourth-order valence-electron chi connectivity index (χ4n) is 1.97. The van der Waals surface area contributed by atoms with E-state index in [4.69, 9.17) is 0 Å². The first-order valence-electron chi connectivity index (χ1n) is 5.48. The molecule has 0 aliphatic heterocycles. The van der Waals surface area contributed by atoms with Gasteiger partial charge < -0.3 is 4.79 Å². The maximum Gasteiger partial charge on any atom is 0.190 e. The molecule has 3 nitrogen and oxygen atoms in total. The van der Waals surface area contributed by atoms with Gasteiger partial charge in [-0.05, 0) is 12.0 Å². The van der Waals surface area contributed by atoms with Crippen LogP contribution >= 0.6 is 0 Å². The minimum atomic E-state index is -0.211. The summed E-state index contributed by atoms with van der Waals surface area (Å²) < 4.78 is 0. The van der Waals surface area contributed by atoms with Gasteiger partial charge in [-0.15, -0.1) is 0 Å². The van der Waals surface area contributed by atoms with Crippen molar-refractivity contribution in [3.63, 3.8) is 0 Å². The molecule has 0 fully saturated rings. The van der Waals surface area contributed by atoms with Gasteiger partial charge in [0.25, 0.3) is 0 Å². The van der Waals surface area contributed by atoms with Gasteiger partial charge in [-0.25, -0.2) is 0 Å². The van der Waals surface area contributed by atoms with Crippen molar-refractivity contribution in [3.05, 3.63) is 47.0 Å². The predicted molar refractivity (Wildman–Crippen MR) is 63.0 cm³/mol. The molecule has 0 saturated heterocycles. The van der Waals surface area contributed by atoms with Gasteiger partial charge >= 0.3 is 0 Å². The quantitative estimate of drug-likeness (QED) is 0.745. The summed E-state index contributed by atoms with van der Waals surface area (Å²) in [5.74, 6) is -0.514. The lowest BCUT2D eigenvalue weighted by Gasteiger charge is -2.18. The zero-order valence-electron chi connectivity index (χ0n) is 9.47. The van der Waals surface area contributed by atoms with Crippen LogP contribution in [0.5, 0.6) is 0 Å². The average molecular weight is 228 g/mol. The molecule has 1 aromatic rings. The molecule has 0 saturated carbocycles. The summed E-state index contributed by atoms with van der Waals surface area (Å²) in [5, 5.41) is 0. The van der Waals surface area contributed by atoms with Gasteiger partial charge in [0.2, 0.25) is 0 Å². The number of Topliss-reactive ketones (excluding diaryl/α,β-unsaturated/α-hetero) is 1. The first kappa shape index (κ1) is 11.5. The molecule has 0 heterocycles. The monoisotopic (exact) mass is 228 g/mol. The largest absolute Gasteiger partial charge is 0.303 e. The molecule has 86 valence electrons. The first-order chi connectivity index (χ1) is 8.15. The Kier molecular flexibility index (Phi) is 3.00. The zero-order valence-corrected chi connectivity index (χ0v) is 9.47. The van der Waals surface area contributed by atoms with Crippen molar-refractivity contribution in [2.24, 2.45) is 5.92 Å². The van der Waals surface area contributed by atoms with E-state index in [2.05, 4.69) is 0 Å². The SMILES string of the molecule is CC(CC=O)C1=CC(=O)c2ccccc2C1=O. The second kappa shape index (κ2) is 4.45. The molecule has 17 heavy (non-hydrogen) atoms. The van der Waals surface area contributed by atoms with Gasteiger partial charge in [0, 0.05) is 23.1 Å². The molecule has 0 N–H and O–H groups in total. The molecule has 2 rings (SSSR count). The highest BCUT2D eigenvalue weighted by atomic mass is 16.1. The molecule has 1 unspecified atom stereocenters. The van der Waals surface area contributed by atoms with Gasteiger partial charge in [0.1, 0.15) is 6.29 Å². The summed E-state index contributed by atoms with van der Waals surface area (Å²) in [7, 11) is 0. The van der Waals surface area contributed by atoms with E-state index >= 15 is 0 Å². The van der Waals surface area contributed by atoms with Crippen LogP contribution in [-0.4, -0.2) is 17.9 Å². The van der Waals surface area contributed by atoms with Crippen molar-refractivity contribution in [2.45, 2.75) is 13.3 Å². The lowest BCUT2D eigenvalue weighted by atomic mass is 9.83. The van der Waals surface area contributed by atoms with E-state index in [1.54, 1.807) is 31.2 Å². The zero-order chi connectivity index (χ0) is 12.4. The maximum atomic E-state index is 12.1. The topological polar surface area (TPSA) is 51.2 Å². The van der Waals surface area contributed by atoms with Crippen LogP contribution in [-0.2, 0) is 4.79 Å². The summed E-state index contributed by atoms with van der Waals surface area (Å²) in [6.45, 7) is 1.78. The summed E-state index contributed by atoms with van der Waals surface area (Å²) in [6.07, 6.45) is 2.38. The van der Waals surface area contributed by atoms with Crippen molar-refractivity contribution in [3.8, 4) is 0 Å². The maximum absolute atomic E-state index is 12.1. The molecule has 0 radical (unpaired) electrons. The van der Waals surface area contributed by atoms with Crippen LogP contribution < -0.4 is 0 Å². The van der Waals surface area contributed by atoms with Gasteiger partial charge in [-0.1, -0.05) is 31.2 Å². The number of carbonyl (C=O) groups is 3. The number of allylic oxidation sites excluding steroid dienone is 2. The smallest absolute Gasteiger partial charge is 0.190 e. The predicted octanol–water partition coefficient (Wildman–Crippen LogP) is 2.22. The van der Waals surface area contributed by atoms with E-state index in [1.807, 2.05) is 0 Å². The van der Waals surface area contributed by atoms with Crippen LogP contribution in [0.3, 0.4) is 0 Å². The second-order valence-electron chi connectivity index (χ2n) is 4.14. The lowest BCUT2D eigenvalue weighted by molar-refractivity contribution is -0.108. The summed E-state index contributed by atoms with van der Waals surface area (Å²) in [6, 6.07) is 6.76. The highest BCUT2D eigenvalue weighted by Gasteiger charge is 2.27. The van der Waals surface area contributed by atoms with E-state index < -0.39 is 0 Å². The summed E-state index contributed by atoms with van der Waals surface area (Å²) >= 11 is 0. The van der Waals surface area contributed by atoms with Crippen molar-refractivity contribution in [1.82, 2.24) is 0 Å². The average Bonchev–Trinajstić information content (AvgIpc) is 2.34. The molecule has 1 aliphatic carbocycles. The molecule has 1 aliphatic rings. The molecule has 0 aromatic heterocycles. The highest BCUT2D eigenvalue weighted by molar-refractivity contribution is 6.24. The Morgan fingerprint density at radius 2 is 1.82 bits per heavy atom. The number of hydrogen-bond donors (Lipinski definition) is 0. The van der Waals surface area contributed by atoms with Gasteiger partial charge in [-0.2, -0.15) is 0 Å². The number of benzene rings is 1. The third kappa shape index (κ3) is 1.96. The van der Waals surface area contributed by atoms with E-state index in [1.165, 1.54) is 6.08 Å². The van der Waals surface area contributed by atoms with E-state index in [-0.39, 0.29) is 23.9 Å². The molecule has 1 atom stereocenters. The molecule has 0 bridgehead atoms. The van der Waals surface area contributed by atoms with Crippen LogP contribution in [0.15, 0.2) is 35.9 Å². The number of rotatable bonds is 3. The number of fused-ring (bicyclic) bond motifs is 1. The third-order valence-corrected chi connectivity index (χ3v) is 2.97. The van der Waals surface area contributed by atoms with Crippen LogP contribution in [0.4, 0.5) is 0 Å². The normalized spacial score (nSPS) is 16.2. The van der Waals surface area contributed by atoms with Gasteiger partial charge in [0.15, 0.2) is 11.6 Å². The fourth-order valence-corrected chi connectivity index (χ4v) is 1.97. The minimum absolute atomic E-state index is 0.144. The van der Waals surface area contributed by atoms with Crippen molar-refractivity contribution in [2.75, 3.05) is 0 Å². The number of ketones is 2. The first-order valence-corrected chi connectivity index (χ1v) is 5.48. The molecule has 0 amide bonds.